The summed E-state index contributed by atoms with van der Waals surface area (Å²) in [7, 11) is 1.22. The molecule has 0 radical (unpaired) electrons. The van der Waals surface area contributed by atoms with Crippen molar-refractivity contribution in [1.82, 2.24) is 9.80 Å². The fraction of sp³-hybridized carbons (Fsp3) is 0.529. The first kappa shape index (κ1) is 22.9. The van der Waals surface area contributed by atoms with Crippen molar-refractivity contribution in [1.29, 1.82) is 0 Å². The maximum Gasteiger partial charge on any atom is 0.433 e. The van der Waals surface area contributed by atoms with Gasteiger partial charge in [0, 0.05) is 37.9 Å². The van der Waals surface area contributed by atoms with Crippen LogP contribution in [-0.4, -0.2) is 85.1 Å². The summed E-state index contributed by atoms with van der Waals surface area (Å²) in [4.78, 5) is 37.9. The lowest BCUT2D eigenvalue weighted by Gasteiger charge is -2.34. The van der Waals surface area contributed by atoms with E-state index >= 15 is 0 Å². The Morgan fingerprint density at radius 1 is 1.23 bits per heavy atom. The largest absolute Gasteiger partial charge is 0.453 e. The summed E-state index contributed by atoms with van der Waals surface area (Å²) in [5.74, 6) is -0.644. The third-order valence-electron chi connectivity index (χ3n) is 4.98. The average molecular weight is 467 g/mol. The first-order chi connectivity index (χ1) is 14.5. The fourth-order valence-electron chi connectivity index (χ4n) is 3.44. The molecule has 2 aliphatic heterocycles. The fourth-order valence-corrected chi connectivity index (χ4v) is 3.69. The maximum atomic E-state index is 13.6. The minimum absolute atomic E-state index is 0.0660. The quantitative estimate of drug-likeness (QED) is 0.497. The molecular formula is C17H18ClF3N4O6. The van der Waals surface area contributed by atoms with Gasteiger partial charge >= 0.3 is 12.3 Å². The SMILES string of the molecule is COC(=O)N1CCN(C(=O)C2CN(c3ccc([N+](=O)[O-])c(Cl)c3)C(C(F)(F)F)O2)CC1. The van der Waals surface area contributed by atoms with Crippen molar-refractivity contribution in [3.05, 3.63) is 33.3 Å². The van der Waals surface area contributed by atoms with E-state index in [1.807, 2.05) is 0 Å². The molecule has 2 amide bonds. The number of halogens is 4. The Hall–Kier alpha value is -2.80. The summed E-state index contributed by atoms with van der Waals surface area (Å²) in [5, 5.41) is 10.6. The van der Waals surface area contributed by atoms with E-state index in [-0.39, 0.29) is 36.9 Å². The summed E-state index contributed by atoms with van der Waals surface area (Å²) in [6.45, 7) is 0.168. The molecule has 0 bridgehead atoms. The van der Waals surface area contributed by atoms with Crippen LogP contribution >= 0.6 is 11.6 Å². The summed E-state index contributed by atoms with van der Waals surface area (Å²) >= 11 is 5.83. The van der Waals surface area contributed by atoms with E-state index in [4.69, 9.17) is 16.3 Å². The Labute approximate surface area is 179 Å². The summed E-state index contributed by atoms with van der Waals surface area (Å²) < 4.78 is 50.4. The van der Waals surface area contributed by atoms with Gasteiger partial charge in [0.25, 0.3) is 11.6 Å². The van der Waals surface area contributed by atoms with Gasteiger partial charge in [-0.2, -0.15) is 13.2 Å². The summed E-state index contributed by atoms with van der Waals surface area (Å²) in [6, 6.07) is 3.14. The lowest BCUT2D eigenvalue weighted by molar-refractivity contribution is -0.384. The molecule has 3 rings (SSSR count). The monoisotopic (exact) mass is 466 g/mol. The highest BCUT2D eigenvalue weighted by atomic mass is 35.5. The van der Waals surface area contributed by atoms with Crippen LogP contribution in [0, 0.1) is 10.1 Å². The molecule has 2 heterocycles. The number of rotatable bonds is 3. The van der Waals surface area contributed by atoms with Crippen molar-refractivity contribution in [3.8, 4) is 0 Å². The molecule has 0 saturated carbocycles. The molecule has 2 atom stereocenters. The number of amides is 2. The van der Waals surface area contributed by atoms with E-state index in [2.05, 4.69) is 4.74 Å². The number of alkyl halides is 3. The molecule has 1 aromatic rings. The highest BCUT2D eigenvalue weighted by Crippen LogP contribution is 2.38. The number of nitrogens with zero attached hydrogens (tertiary/aromatic N) is 4. The van der Waals surface area contributed by atoms with Gasteiger partial charge < -0.3 is 24.2 Å². The standard InChI is InChI=1S/C17H18ClF3N4O6/c1-30-16(27)23-6-4-22(5-7-23)14(26)13-9-24(15(31-13)17(19,20)21)10-2-3-12(25(28)29)11(18)8-10/h2-3,8,13,15H,4-7,9H2,1H3. The predicted octanol–water partition coefficient (Wildman–Crippen LogP) is 2.25. The molecule has 10 nitrogen and oxygen atoms in total. The second-order valence-corrected chi connectivity index (χ2v) is 7.25. The normalized spacial score (nSPS) is 21.9. The Balaban J connectivity index is 1.76. The van der Waals surface area contributed by atoms with E-state index in [9.17, 15) is 32.9 Å². The van der Waals surface area contributed by atoms with Gasteiger partial charge in [-0.3, -0.25) is 14.9 Å². The molecule has 0 spiro atoms. The minimum atomic E-state index is -4.83. The van der Waals surface area contributed by atoms with Gasteiger partial charge in [-0.25, -0.2) is 4.79 Å². The molecular weight excluding hydrogens is 449 g/mol. The highest BCUT2D eigenvalue weighted by molar-refractivity contribution is 6.32. The molecule has 2 fully saturated rings. The second-order valence-electron chi connectivity index (χ2n) is 6.85. The van der Waals surface area contributed by atoms with Crippen LogP contribution < -0.4 is 4.90 Å². The number of hydrogen-bond donors (Lipinski definition) is 0. The van der Waals surface area contributed by atoms with Gasteiger partial charge in [-0.05, 0) is 12.1 Å². The molecule has 0 aromatic heterocycles. The van der Waals surface area contributed by atoms with Crippen LogP contribution in [0.25, 0.3) is 0 Å². The highest BCUT2D eigenvalue weighted by Gasteiger charge is 2.53. The lowest BCUT2D eigenvalue weighted by atomic mass is 10.2. The maximum absolute atomic E-state index is 13.6. The summed E-state index contributed by atoms with van der Waals surface area (Å²) in [6.07, 6.45) is -9.21. The van der Waals surface area contributed by atoms with Gasteiger partial charge in [-0.15, -0.1) is 0 Å². The molecule has 170 valence electrons. The number of anilines is 1. The number of ether oxygens (including phenoxy) is 2. The van der Waals surface area contributed by atoms with Crippen LogP contribution in [-0.2, 0) is 14.3 Å². The van der Waals surface area contributed by atoms with E-state index < -0.39 is 47.7 Å². The van der Waals surface area contributed by atoms with Crippen molar-refractivity contribution in [3.63, 3.8) is 0 Å². The average Bonchev–Trinajstić information content (AvgIpc) is 3.18. The molecule has 0 aliphatic carbocycles. The van der Waals surface area contributed by atoms with E-state index in [0.29, 0.717) is 0 Å². The molecule has 2 unspecified atom stereocenters. The van der Waals surface area contributed by atoms with Crippen LogP contribution in [0.1, 0.15) is 0 Å². The van der Waals surface area contributed by atoms with Crippen molar-refractivity contribution in [2.75, 3.05) is 44.7 Å². The smallest absolute Gasteiger partial charge is 0.433 e. The first-order valence-corrected chi connectivity index (χ1v) is 9.45. The van der Waals surface area contributed by atoms with Gasteiger partial charge in [0.05, 0.1) is 18.6 Å². The second kappa shape index (κ2) is 8.75. The molecule has 1 aromatic carbocycles. The van der Waals surface area contributed by atoms with Crippen LogP contribution in [0.2, 0.25) is 5.02 Å². The van der Waals surface area contributed by atoms with Crippen molar-refractivity contribution >= 4 is 35.0 Å². The molecule has 14 heteroatoms. The number of benzene rings is 1. The number of piperazine rings is 1. The number of carbonyl (C=O) groups is 2. The summed E-state index contributed by atoms with van der Waals surface area (Å²) in [5.41, 5.74) is -0.520. The number of nitro benzene ring substituents is 1. The molecule has 31 heavy (non-hydrogen) atoms. The van der Waals surface area contributed by atoms with Crippen molar-refractivity contribution in [2.45, 2.75) is 18.5 Å². The van der Waals surface area contributed by atoms with Crippen LogP contribution in [0.3, 0.4) is 0 Å². The zero-order valence-electron chi connectivity index (χ0n) is 16.2. The van der Waals surface area contributed by atoms with Gasteiger partial charge in [0.1, 0.15) is 5.02 Å². The minimum Gasteiger partial charge on any atom is -0.453 e. The predicted molar refractivity (Wildman–Crippen MR) is 101 cm³/mol. The van der Waals surface area contributed by atoms with Crippen molar-refractivity contribution < 1.29 is 37.2 Å². The van der Waals surface area contributed by atoms with Gasteiger partial charge in [-0.1, -0.05) is 11.6 Å². The third-order valence-corrected chi connectivity index (χ3v) is 5.28. The number of methoxy groups -OCH3 is 1. The van der Waals surface area contributed by atoms with Crippen molar-refractivity contribution in [2.24, 2.45) is 0 Å². The number of nitro groups is 1. The lowest BCUT2D eigenvalue weighted by Crippen LogP contribution is -2.53. The topological polar surface area (TPSA) is 105 Å². The van der Waals surface area contributed by atoms with E-state index in [0.717, 1.165) is 23.1 Å². The van der Waals surface area contributed by atoms with E-state index in [1.54, 1.807) is 0 Å². The molecule has 2 aliphatic rings. The number of carbonyl (C=O) groups excluding carboxylic acids is 2. The Bertz CT molecular complexity index is 878. The van der Waals surface area contributed by atoms with Crippen LogP contribution in [0.15, 0.2) is 18.2 Å². The number of hydrogen-bond acceptors (Lipinski definition) is 7. The van der Waals surface area contributed by atoms with Gasteiger partial charge in [0.2, 0.25) is 6.23 Å². The zero-order chi connectivity index (χ0) is 22.9. The Morgan fingerprint density at radius 3 is 2.35 bits per heavy atom. The van der Waals surface area contributed by atoms with Crippen LogP contribution in [0.4, 0.5) is 29.3 Å². The zero-order valence-corrected chi connectivity index (χ0v) is 16.9. The Kier molecular flexibility index (Phi) is 6.46. The molecule has 0 N–H and O–H groups in total. The van der Waals surface area contributed by atoms with E-state index in [1.165, 1.54) is 16.9 Å². The molecule has 2 saturated heterocycles. The van der Waals surface area contributed by atoms with Gasteiger partial charge in [0.15, 0.2) is 6.10 Å². The first-order valence-electron chi connectivity index (χ1n) is 9.07. The third kappa shape index (κ3) is 4.77. The Morgan fingerprint density at radius 2 is 1.84 bits per heavy atom. The van der Waals surface area contributed by atoms with Crippen LogP contribution in [0.5, 0.6) is 0 Å².